The van der Waals surface area contributed by atoms with Gasteiger partial charge in [0.25, 0.3) is 0 Å². The molecule has 0 unspecified atom stereocenters. The Morgan fingerprint density at radius 3 is 2.25 bits per heavy atom. The van der Waals surface area contributed by atoms with Crippen LogP contribution in [0.4, 0.5) is 5.82 Å². The number of nitrogens with two attached hydrogens (primary N) is 1. The minimum atomic E-state index is -0.146. The molecule has 24 heavy (non-hydrogen) atoms. The van der Waals surface area contributed by atoms with Gasteiger partial charge in [-0.1, -0.05) is 60.7 Å². The first-order valence-electron chi connectivity index (χ1n) is 8.17. The Morgan fingerprint density at radius 2 is 1.62 bits per heavy atom. The number of hydrogen-bond donors (Lipinski definition) is 1. The topological polar surface area (TPSA) is 42.2 Å². The van der Waals surface area contributed by atoms with E-state index in [2.05, 4.69) is 66.3 Å². The smallest absolute Gasteiger partial charge is 0.128 e. The summed E-state index contributed by atoms with van der Waals surface area (Å²) in [5.41, 5.74) is 11.0. The maximum absolute atomic E-state index is 6.41. The molecule has 0 aliphatic rings. The second-order valence-corrected chi connectivity index (χ2v) is 6.13. The Morgan fingerprint density at radius 1 is 1.00 bits per heavy atom. The normalized spacial score (nSPS) is 12.0. The van der Waals surface area contributed by atoms with Gasteiger partial charge in [-0.3, -0.25) is 0 Å². The highest BCUT2D eigenvalue weighted by atomic mass is 15.2. The summed E-state index contributed by atoms with van der Waals surface area (Å²) in [5, 5.41) is 0. The van der Waals surface area contributed by atoms with Gasteiger partial charge in [-0.2, -0.15) is 0 Å². The van der Waals surface area contributed by atoms with Crippen LogP contribution in [-0.4, -0.2) is 12.0 Å². The zero-order valence-electron chi connectivity index (χ0n) is 14.2. The van der Waals surface area contributed by atoms with Crippen LogP contribution in [0.25, 0.3) is 0 Å². The number of nitrogens with zero attached hydrogens (tertiary/aromatic N) is 2. The molecule has 3 heteroatoms. The maximum atomic E-state index is 6.41. The van der Waals surface area contributed by atoms with E-state index in [4.69, 9.17) is 5.73 Å². The minimum Gasteiger partial charge on any atom is -0.355 e. The maximum Gasteiger partial charge on any atom is 0.128 e. The van der Waals surface area contributed by atoms with Crippen molar-refractivity contribution in [3.63, 3.8) is 0 Å². The number of pyridine rings is 1. The molecule has 2 N–H and O–H groups in total. The predicted octanol–water partition coefficient (Wildman–Crippen LogP) is 4.07. The molecule has 0 aliphatic heterocycles. The van der Waals surface area contributed by atoms with Crippen molar-refractivity contribution in [3.8, 4) is 0 Å². The quantitative estimate of drug-likeness (QED) is 0.771. The molecule has 1 heterocycles. The summed E-state index contributed by atoms with van der Waals surface area (Å²) in [4.78, 5) is 6.78. The minimum absolute atomic E-state index is 0.146. The largest absolute Gasteiger partial charge is 0.355 e. The third-order valence-corrected chi connectivity index (χ3v) is 4.28. The molecule has 122 valence electrons. The fourth-order valence-corrected chi connectivity index (χ4v) is 2.86. The molecule has 0 saturated carbocycles. The molecule has 3 nitrogen and oxygen atoms in total. The van der Waals surface area contributed by atoms with Crippen molar-refractivity contribution in [2.75, 3.05) is 11.9 Å². The fourth-order valence-electron chi connectivity index (χ4n) is 2.86. The Kier molecular flexibility index (Phi) is 4.92. The second kappa shape index (κ2) is 7.28. The fraction of sp³-hybridized carbons (Fsp3) is 0.190. The monoisotopic (exact) mass is 317 g/mol. The van der Waals surface area contributed by atoms with Crippen LogP contribution >= 0.6 is 0 Å². The Labute approximate surface area is 143 Å². The van der Waals surface area contributed by atoms with Crippen LogP contribution in [0, 0.1) is 6.92 Å². The van der Waals surface area contributed by atoms with E-state index in [1.54, 1.807) is 0 Å². The van der Waals surface area contributed by atoms with Gasteiger partial charge < -0.3 is 10.6 Å². The lowest BCUT2D eigenvalue weighted by Gasteiger charge is -2.21. The highest BCUT2D eigenvalue weighted by molar-refractivity contribution is 5.46. The summed E-state index contributed by atoms with van der Waals surface area (Å²) >= 11 is 0. The molecular weight excluding hydrogens is 294 g/mol. The average Bonchev–Trinajstić information content (AvgIpc) is 2.62. The Bertz CT molecular complexity index is 785. The standard InChI is InChI=1S/C21H23N3/c1-16-13-20(24(2)15-17-9-5-3-6-10-17)23-14-19(16)21(22)18-11-7-4-8-12-18/h3-14,21H,15,22H2,1-2H3/t21-/m0/s1. The van der Waals surface area contributed by atoms with E-state index < -0.39 is 0 Å². The number of rotatable bonds is 5. The first-order chi connectivity index (χ1) is 11.6. The highest BCUT2D eigenvalue weighted by Crippen LogP contribution is 2.24. The molecule has 2 aromatic carbocycles. The van der Waals surface area contributed by atoms with E-state index >= 15 is 0 Å². The van der Waals surface area contributed by atoms with E-state index in [0.717, 1.165) is 29.1 Å². The van der Waals surface area contributed by atoms with Crippen molar-refractivity contribution >= 4 is 5.82 Å². The molecule has 0 spiro atoms. The summed E-state index contributed by atoms with van der Waals surface area (Å²) in [7, 11) is 2.06. The third kappa shape index (κ3) is 3.63. The molecule has 3 aromatic rings. The number of aromatic nitrogens is 1. The Hall–Kier alpha value is -2.65. The predicted molar refractivity (Wildman–Crippen MR) is 100.0 cm³/mol. The summed E-state index contributed by atoms with van der Waals surface area (Å²) in [6, 6.07) is 22.5. The molecule has 0 bridgehead atoms. The zero-order chi connectivity index (χ0) is 16.9. The van der Waals surface area contributed by atoms with Crippen molar-refractivity contribution in [1.82, 2.24) is 4.98 Å². The molecular formula is C21H23N3. The van der Waals surface area contributed by atoms with E-state index in [9.17, 15) is 0 Å². The average molecular weight is 317 g/mol. The first kappa shape index (κ1) is 16.2. The van der Waals surface area contributed by atoms with E-state index in [1.165, 1.54) is 5.56 Å². The molecule has 0 radical (unpaired) electrons. The first-order valence-corrected chi connectivity index (χ1v) is 8.17. The van der Waals surface area contributed by atoms with Crippen LogP contribution in [0.3, 0.4) is 0 Å². The highest BCUT2D eigenvalue weighted by Gasteiger charge is 2.13. The van der Waals surface area contributed by atoms with Gasteiger partial charge in [-0.05, 0) is 35.2 Å². The number of hydrogen-bond acceptors (Lipinski definition) is 3. The summed E-state index contributed by atoms with van der Waals surface area (Å²) in [6.45, 7) is 2.93. The van der Waals surface area contributed by atoms with E-state index in [0.29, 0.717) is 0 Å². The van der Waals surface area contributed by atoms with Crippen LogP contribution in [0.1, 0.15) is 28.3 Å². The van der Waals surface area contributed by atoms with Crippen molar-refractivity contribution in [1.29, 1.82) is 0 Å². The van der Waals surface area contributed by atoms with Crippen LogP contribution in [0.2, 0.25) is 0 Å². The molecule has 0 amide bonds. The molecule has 1 atom stereocenters. The number of anilines is 1. The van der Waals surface area contributed by atoms with Gasteiger partial charge in [0.1, 0.15) is 5.82 Å². The van der Waals surface area contributed by atoms with Crippen molar-refractivity contribution in [3.05, 3.63) is 95.2 Å². The van der Waals surface area contributed by atoms with Gasteiger partial charge in [0.05, 0.1) is 6.04 Å². The van der Waals surface area contributed by atoms with Crippen molar-refractivity contribution in [2.45, 2.75) is 19.5 Å². The lowest BCUT2D eigenvalue weighted by molar-refractivity contribution is 0.841. The van der Waals surface area contributed by atoms with Gasteiger partial charge in [-0.25, -0.2) is 4.98 Å². The second-order valence-electron chi connectivity index (χ2n) is 6.13. The lowest BCUT2D eigenvalue weighted by Crippen LogP contribution is -2.19. The summed E-state index contributed by atoms with van der Waals surface area (Å²) in [6.07, 6.45) is 1.91. The van der Waals surface area contributed by atoms with E-state index in [-0.39, 0.29) is 6.04 Å². The molecule has 3 rings (SSSR count). The van der Waals surface area contributed by atoms with E-state index in [1.807, 2.05) is 30.5 Å². The van der Waals surface area contributed by atoms with Crippen LogP contribution < -0.4 is 10.6 Å². The lowest BCUT2D eigenvalue weighted by atomic mass is 9.97. The van der Waals surface area contributed by atoms with Crippen LogP contribution in [-0.2, 0) is 6.54 Å². The van der Waals surface area contributed by atoms with Gasteiger partial charge in [0.2, 0.25) is 0 Å². The summed E-state index contributed by atoms with van der Waals surface area (Å²) in [5.74, 6) is 0.959. The summed E-state index contributed by atoms with van der Waals surface area (Å²) < 4.78 is 0. The van der Waals surface area contributed by atoms with Gasteiger partial charge >= 0.3 is 0 Å². The van der Waals surface area contributed by atoms with Gasteiger partial charge in [0, 0.05) is 19.8 Å². The molecule has 0 aliphatic carbocycles. The van der Waals surface area contributed by atoms with Crippen LogP contribution in [0.15, 0.2) is 72.9 Å². The van der Waals surface area contributed by atoms with Gasteiger partial charge in [0.15, 0.2) is 0 Å². The molecule has 1 aromatic heterocycles. The SMILES string of the molecule is Cc1cc(N(C)Cc2ccccc2)ncc1[C@@H](N)c1ccccc1. The molecule has 0 fully saturated rings. The van der Waals surface area contributed by atoms with Crippen molar-refractivity contribution < 1.29 is 0 Å². The van der Waals surface area contributed by atoms with Crippen molar-refractivity contribution in [2.24, 2.45) is 5.73 Å². The van der Waals surface area contributed by atoms with Gasteiger partial charge in [-0.15, -0.1) is 0 Å². The number of aryl methyl sites for hydroxylation is 1. The molecule has 0 saturated heterocycles. The third-order valence-electron chi connectivity index (χ3n) is 4.28. The number of benzene rings is 2. The Balaban J connectivity index is 1.79. The van der Waals surface area contributed by atoms with Crippen LogP contribution in [0.5, 0.6) is 0 Å². The zero-order valence-corrected chi connectivity index (χ0v) is 14.2.